The third-order valence-corrected chi connectivity index (χ3v) is 10.0. The second kappa shape index (κ2) is 13.9. The summed E-state index contributed by atoms with van der Waals surface area (Å²) in [4.78, 5) is 38.4. The first-order valence-corrected chi connectivity index (χ1v) is 17.3. The van der Waals surface area contributed by atoms with E-state index in [1.54, 1.807) is 34.8 Å². The lowest BCUT2D eigenvalue weighted by atomic mass is 9.98. The van der Waals surface area contributed by atoms with Crippen LogP contribution >= 0.6 is 22.9 Å². The van der Waals surface area contributed by atoms with Crippen molar-refractivity contribution >= 4 is 67.1 Å². The zero-order valence-electron chi connectivity index (χ0n) is 28.7. The van der Waals surface area contributed by atoms with Gasteiger partial charge in [-0.15, -0.1) is 0 Å². The van der Waals surface area contributed by atoms with Gasteiger partial charge in [0.05, 0.1) is 20.9 Å². The van der Waals surface area contributed by atoms with E-state index in [2.05, 4.69) is 21.4 Å². The number of aromatic nitrogens is 2. The third-order valence-electron chi connectivity index (χ3n) is 8.75. The van der Waals surface area contributed by atoms with Gasteiger partial charge in [-0.3, -0.25) is 10.2 Å². The number of pyridine rings is 1. The molecule has 3 atom stereocenters. The number of piperazine rings is 1. The van der Waals surface area contributed by atoms with Crippen LogP contribution in [0.25, 0.3) is 32.2 Å². The van der Waals surface area contributed by atoms with Crippen molar-refractivity contribution in [1.29, 1.82) is 5.26 Å². The number of nitrogens with zero attached hydrogens (tertiary/aromatic N) is 6. The van der Waals surface area contributed by atoms with Crippen LogP contribution in [0.2, 0.25) is 5.02 Å². The number of carbonyl (C=O) groups is 2. The molecule has 2 N–H and O–H groups in total. The van der Waals surface area contributed by atoms with Gasteiger partial charge in [0, 0.05) is 62.4 Å². The number of thiazole rings is 1. The van der Waals surface area contributed by atoms with Gasteiger partial charge < -0.3 is 29.1 Å². The summed E-state index contributed by atoms with van der Waals surface area (Å²) in [7, 11) is 3.45. The molecule has 4 heterocycles. The van der Waals surface area contributed by atoms with Crippen molar-refractivity contribution in [3.05, 3.63) is 40.4 Å². The number of amides is 2. The molecule has 2 saturated heterocycles. The molecule has 51 heavy (non-hydrogen) atoms. The standard InChI is InChI=1S/C34H36ClF2N7O6S/c1-16-13-43(9-10-44(16)33(46)47)28-18-11-20(35)24(17-7-8-21(36)29-27(17)40-31(51-29)41-32(45)50-34(2,3)4)25(37)26(18)39-30(19(28)12-38)49-23-15-42(5)14-22(23)48-6/h7-8,11,16,22-23H,9-10,13-15H2,1-6H3,(H,46,47)(H,40,41,45)/t16-,22-,23-/m1/s1. The van der Waals surface area contributed by atoms with E-state index in [1.165, 1.54) is 17.0 Å². The highest BCUT2D eigenvalue weighted by Gasteiger charge is 2.36. The SMILES string of the molecule is CO[C@@H]1CN(C)C[C@H]1Oc1nc2c(F)c(-c3ccc(F)c4sc(NC(=O)OC(C)(C)C)nc34)c(Cl)cc2c(N2CCN(C(=O)O)[C@H](C)C2)c1C#N. The summed E-state index contributed by atoms with van der Waals surface area (Å²) in [5, 5.41) is 22.9. The molecule has 0 spiro atoms. The molecular weight excluding hydrogens is 708 g/mol. The average molecular weight is 744 g/mol. The number of hydrogen-bond acceptors (Lipinski definition) is 11. The zero-order valence-corrected chi connectivity index (χ0v) is 30.3. The number of likely N-dealkylation sites (N-methyl/N-ethyl adjacent to an activating group) is 1. The van der Waals surface area contributed by atoms with Gasteiger partial charge in [0.25, 0.3) is 0 Å². The highest BCUT2D eigenvalue weighted by Crippen LogP contribution is 2.45. The topological polar surface area (TPSA) is 153 Å². The molecule has 2 aromatic carbocycles. The Labute approximate surface area is 301 Å². The summed E-state index contributed by atoms with van der Waals surface area (Å²) in [6.07, 6.45) is -2.75. The number of likely N-dealkylation sites (tertiary alicyclic amines) is 1. The number of benzene rings is 2. The fourth-order valence-electron chi connectivity index (χ4n) is 6.53. The number of methoxy groups -OCH3 is 1. The predicted molar refractivity (Wildman–Crippen MR) is 189 cm³/mol. The van der Waals surface area contributed by atoms with Crippen LogP contribution in [0, 0.1) is 23.0 Å². The largest absolute Gasteiger partial charge is 0.469 e. The Morgan fingerprint density at radius 1 is 1.14 bits per heavy atom. The molecule has 4 aromatic rings. The van der Waals surface area contributed by atoms with Crippen LogP contribution in [0.5, 0.6) is 5.88 Å². The van der Waals surface area contributed by atoms with Crippen LogP contribution in [0.15, 0.2) is 18.2 Å². The van der Waals surface area contributed by atoms with Crippen molar-refractivity contribution < 1.29 is 37.7 Å². The smallest absolute Gasteiger partial charge is 0.413 e. The van der Waals surface area contributed by atoms with Crippen LogP contribution in [0.3, 0.4) is 0 Å². The predicted octanol–water partition coefficient (Wildman–Crippen LogP) is 6.56. The molecule has 270 valence electrons. The summed E-state index contributed by atoms with van der Waals surface area (Å²) >= 11 is 7.71. The van der Waals surface area contributed by atoms with Crippen molar-refractivity contribution in [3.63, 3.8) is 0 Å². The minimum absolute atomic E-state index is 0.0292. The maximum absolute atomic E-state index is 17.1. The molecule has 0 saturated carbocycles. The Morgan fingerprint density at radius 2 is 1.86 bits per heavy atom. The van der Waals surface area contributed by atoms with Crippen LogP contribution < -0.4 is 15.0 Å². The van der Waals surface area contributed by atoms with Gasteiger partial charge in [0.1, 0.15) is 40.8 Å². The van der Waals surface area contributed by atoms with Crippen molar-refractivity contribution in [2.24, 2.45) is 0 Å². The molecule has 6 rings (SSSR count). The number of anilines is 2. The van der Waals surface area contributed by atoms with E-state index in [1.807, 2.05) is 16.8 Å². The van der Waals surface area contributed by atoms with Gasteiger partial charge in [-0.05, 0) is 52.9 Å². The van der Waals surface area contributed by atoms with E-state index in [4.69, 9.17) is 25.8 Å². The van der Waals surface area contributed by atoms with Crippen molar-refractivity contribution in [3.8, 4) is 23.1 Å². The monoisotopic (exact) mass is 743 g/mol. The maximum atomic E-state index is 17.1. The first kappa shape index (κ1) is 36.2. The fourth-order valence-corrected chi connectivity index (χ4v) is 7.70. The lowest BCUT2D eigenvalue weighted by Crippen LogP contribution is -2.54. The summed E-state index contributed by atoms with van der Waals surface area (Å²) in [6.45, 7) is 8.37. The lowest BCUT2D eigenvalue weighted by Gasteiger charge is -2.40. The molecular formula is C34H36ClF2N7O6S. The second-order valence-corrected chi connectivity index (χ2v) is 14.9. The third kappa shape index (κ3) is 7.03. The molecule has 0 unspecified atom stereocenters. The Hall–Kier alpha value is -4.56. The van der Waals surface area contributed by atoms with Crippen LogP contribution in [-0.2, 0) is 9.47 Å². The summed E-state index contributed by atoms with van der Waals surface area (Å²) in [5.41, 5.74) is -0.578. The highest BCUT2D eigenvalue weighted by molar-refractivity contribution is 7.22. The van der Waals surface area contributed by atoms with E-state index in [0.717, 1.165) is 17.4 Å². The quantitative estimate of drug-likeness (QED) is 0.221. The normalized spacial score (nSPS) is 19.8. The van der Waals surface area contributed by atoms with Crippen LogP contribution in [0.4, 0.5) is 29.2 Å². The molecule has 13 nitrogen and oxygen atoms in total. The first-order valence-electron chi connectivity index (χ1n) is 16.1. The molecule has 0 bridgehead atoms. The van der Waals surface area contributed by atoms with E-state index in [0.29, 0.717) is 18.8 Å². The minimum Gasteiger partial charge on any atom is -0.469 e. The number of nitrogens with one attached hydrogen (secondary N) is 1. The minimum atomic E-state index is -1.07. The molecule has 0 radical (unpaired) electrons. The van der Waals surface area contributed by atoms with E-state index in [9.17, 15) is 20.0 Å². The molecule has 2 aliphatic rings. The second-order valence-electron chi connectivity index (χ2n) is 13.5. The molecule has 0 aliphatic carbocycles. The number of nitriles is 1. The first-order chi connectivity index (χ1) is 24.1. The van der Waals surface area contributed by atoms with Crippen molar-refractivity contribution in [2.75, 3.05) is 57.1 Å². The Bertz CT molecular complexity index is 2090. The number of rotatable bonds is 6. The number of halogens is 3. The summed E-state index contributed by atoms with van der Waals surface area (Å²) in [6, 6.07) is 5.72. The van der Waals surface area contributed by atoms with Gasteiger partial charge >= 0.3 is 12.2 Å². The van der Waals surface area contributed by atoms with Crippen LogP contribution in [-0.4, -0.2) is 108 Å². The van der Waals surface area contributed by atoms with Gasteiger partial charge in [-0.25, -0.2) is 28.3 Å². The maximum Gasteiger partial charge on any atom is 0.413 e. The molecule has 2 amide bonds. The molecule has 2 aromatic heterocycles. The van der Waals surface area contributed by atoms with Crippen molar-refractivity contribution in [1.82, 2.24) is 19.8 Å². The van der Waals surface area contributed by atoms with Crippen molar-refractivity contribution in [2.45, 2.75) is 51.5 Å². The van der Waals surface area contributed by atoms with Gasteiger partial charge in [-0.2, -0.15) is 5.26 Å². The van der Waals surface area contributed by atoms with Gasteiger partial charge in [-0.1, -0.05) is 22.9 Å². The number of hydrogen-bond donors (Lipinski definition) is 2. The number of fused-ring (bicyclic) bond motifs is 2. The summed E-state index contributed by atoms with van der Waals surface area (Å²) in [5.74, 6) is -1.64. The zero-order chi connectivity index (χ0) is 36.9. The Morgan fingerprint density at radius 3 is 2.51 bits per heavy atom. The van der Waals surface area contributed by atoms with E-state index < -0.39 is 41.6 Å². The number of ether oxygens (including phenoxy) is 3. The molecule has 2 aliphatic heterocycles. The lowest BCUT2D eigenvalue weighted by molar-refractivity contribution is 0.0321. The number of carbonyl (C=O) groups excluding carboxylic acids is 1. The van der Waals surface area contributed by atoms with Crippen LogP contribution in [0.1, 0.15) is 33.3 Å². The Kier molecular flexibility index (Phi) is 9.85. The van der Waals surface area contributed by atoms with E-state index >= 15 is 8.78 Å². The number of carboxylic acid groups (broad SMARTS) is 1. The van der Waals surface area contributed by atoms with Gasteiger partial charge in [0.2, 0.25) is 5.88 Å². The van der Waals surface area contributed by atoms with E-state index in [-0.39, 0.29) is 79.6 Å². The Balaban J connectivity index is 1.53. The van der Waals surface area contributed by atoms with Gasteiger partial charge in [0.15, 0.2) is 10.9 Å². The fraction of sp³-hybridized carbons (Fsp3) is 0.441. The summed E-state index contributed by atoms with van der Waals surface area (Å²) < 4.78 is 49.6. The molecule has 2 fully saturated rings. The molecule has 17 heteroatoms. The average Bonchev–Trinajstić information content (AvgIpc) is 3.63. The highest BCUT2D eigenvalue weighted by atomic mass is 35.5.